The Labute approximate surface area is 279 Å². The van der Waals surface area contributed by atoms with E-state index in [0.29, 0.717) is 5.75 Å². The first-order chi connectivity index (χ1) is 22.0. The van der Waals surface area contributed by atoms with E-state index in [1.807, 2.05) is 68.4 Å². The number of ether oxygens (including phenoxy) is 2. The molecule has 4 rings (SSSR count). The Morgan fingerprint density at radius 2 is 1.48 bits per heavy atom. The lowest BCUT2D eigenvalue weighted by Gasteiger charge is -2.34. The van der Waals surface area contributed by atoms with Crippen molar-refractivity contribution in [1.29, 1.82) is 0 Å². The fourth-order valence-corrected chi connectivity index (χ4v) is 6.88. The van der Waals surface area contributed by atoms with Gasteiger partial charge in [-0.15, -0.1) is 0 Å². The van der Waals surface area contributed by atoms with Crippen LogP contribution in [-0.4, -0.2) is 58.0 Å². The molecule has 242 valence electrons. The van der Waals surface area contributed by atoms with Crippen molar-refractivity contribution in [2.24, 2.45) is 0 Å². The van der Waals surface area contributed by atoms with Crippen molar-refractivity contribution >= 4 is 43.5 Å². The van der Waals surface area contributed by atoms with Crippen molar-refractivity contribution in [2.45, 2.75) is 43.8 Å². The van der Waals surface area contributed by atoms with Crippen LogP contribution in [0, 0.1) is 0 Å². The summed E-state index contributed by atoms with van der Waals surface area (Å²) in [5, 5.41) is 2.96. The molecule has 0 bridgehead atoms. The van der Waals surface area contributed by atoms with Crippen LogP contribution in [0.4, 0.5) is 5.69 Å². The zero-order valence-electron chi connectivity index (χ0n) is 26.2. The first-order valence-electron chi connectivity index (χ1n) is 14.7. The smallest absolute Gasteiger partial charge is 0.264 e. The molecule has 4 aromatic carbocycles. The van der Waals surface area contributed by atoms with Crippen molar-refractivity contribution < 1.29 is 27.5 Å². The minimum atomic E-state index is -4.30. The van der Waals surface area contributed by atoms with Crippen molar-refractivity contribution in [1.82, 2.24) is 10.2 Å². The van der Waals surface area contributed by atoms with Gasteiger partial charge >= 0.3 is 0 Å². The molecule has 0 saturated heterocycles. The molecule has 9 nitrogen and oxygen atoms in total. The van der Waals surface area contributed by atoms with Gasteiger partial charge in [0.15, 0.2) is 0 Å². The number of halogens is 1. The topological polar surface area (TPSA) is 105 Å². The maximum atomic E-state index is 14.6. The lowest BCUT2D eigenvalue weighted by molar-refractivity contribution is -0.140. The number of hydrogen-bond acceptors (Lipinski definition) is 6. The molecule has 0 radical (unpaired) electrons. The van der Waals surface area contributed by atoms with Crippen LogP contribution in [0.5, 0.6) is 11.5 Å². The Hall–Kier alpha value is -4.35. The van der Waals surface area contributed by atoms with Gasteiger partial charge in [0.25, 0.3) is 10.0 Å². The standard InChI is InChI=1S/C35H38BrN3O6S/c1-25(2)37-35(41)32(21-26-12-7-5-8-13-26)38(23-27-14-11-15-28(36)20-27)34(40)24-39(46(42,43)30-16-9-6-10-17-30)31-22-29(44-3)18-19-33(31)45-4/h5-20,22,25,32H,21,23-24H2,1-4H3,(H,37,41)/t32-/m0/s1. The second-order valence-corrected chi connectivity index (χ2v) is 13.7. The maximum absolute atomic E-state index is 14.6. The zero-order chi connectivity index (χ0) is 33.3. The van der Waals surface area contributed by atoms with Gasteiger partial charge in [-0.2, -0.15) is 0 Å². The molecule has 46 heavy (non-hydrogen) atoms. The highest BCUT2D eigenvalue weighted by Crippen LogP contribution is 2.36. The molecule has 0 aliphatic heterocycles. The van der Waals surface area contributed by atoms with E-state index < -0.39 is 28.5 Å². The summed E-state index contributed by atoms with van der Waals surface area (Å²) in [6, 6.07) is 28.3. The van der Waals surface area contributed by atoms with Crippen molar-refractivity contribution in [3.63, 3.8) is 0 Å². The summed E-state index contributed by atoms with van der Waals surface area (Å²) < 4.78 is 41.3. The van der Waals surface area contributed by atoms with Gasteiger partial charge in [-0.25, -0.2) is 8.42 Å². The molecule has 0 aliphatic rings. The van der Waals surface area contributed by atoms with Crippen LogP contribution >= 0.6 is 15.9 Å². The number of nitrogens with zero attached hydrogens (tertiary/aromatic N) is 2. The number of carbonyl (C=O) groups excluding carboxylic acids is 2. The van der Waals surface area contributed by atoms with E-state index in [-0.39, 0.29) is 41.2 Å². The highest BCUT2D eigenvalue weighted by atomic mass is 79.9. The van der Waals surface area contributed by atoms with Crippen LogP contribution in [0.2, 0.25) is 0 Å². The monoisotopic (exact) mass is 707 g/mol. The molecule has 11 heteroatoms. The normalized spacial score (nSPS) is 11.9. The summed E-state index contributed by atoms with van der Waals surface area (Å²) in [4.78, 5) is 29.9. The number of benzene rings is 4. The second-order valence-electron chi connectivity index (χ2n) is 10.9. The fourth-order valence-electron chi connectivity index (χ4n) is 4.99. The van der Waals surface area contributed by atoms with E-state index in [0.717, 1.165) is 19.9 Å². The van der Waals surface area contributed by atoms with E-state index in [4.69, 9.17) is 9.47 Å². The molecule has 0 aliphatic carbocycles. The first-order valence-corrected chi connectivity index (χ1v) is 16.9. The lowest BCUT2D eigenvalue weighted by atomic mass is 10.0. The van der Waals surface area contributed by atoms with Gasteiger partial charge < -0.3 is 19.7 Å². The van der Waals surface area contributed by atoms with Crippen molar-refractivity contribution in [3.8, 4) is 11.5 Å². The van der Waals surface area contributed by atoms with Gasteiger partial charge in [0.05, 0.1) is 24.8 Å². The minimum absolute atomic E-state index is 0.00963. The zero-order valence-corrected chi connectivity index (χ0v) is 28.6. The second kappa shape index (κ2) is 15.8. The quantitative estimate of drug-likeness (QED) is 0.177. The number of hydrogen-bond donors (Lipinski definition) is 1. The fraction of sp³-hybridized carbons (Fsp3) is 0.257. The van der Waals surface area contributed by atoms with E-state index in [2.05, 4.69) is 21.2 Å². The molecular weight excluding hydrogens is 670 g/mol. The summed E-state index contributed by atoms with van der Waals surface area (Å²) in [5.41, 5.74) is 1.73. The Morgan fingerprint density at radius 1 is 0.826 bits per heavy atom. The minimum Gasteiger partial charge on any atom is -0.497 e. The van der Waals surface area contributed by atoms with Gasteiger partial charge in [0, 0.05) is 29.5 Å². The molecule has 0 heterocycles. The van der Waals surface area contributed by atoms with Crippen molar-refractivity contribution in [3.05, 3.63) is 119 Å². The number of sulfonamides is 1. The van der Waals surface area contributed by atoms with E-state index in [9.17, 15) is 18.0 Å². The molecule has 0 unspecified atom stereocenters. The maximum Gasteiger partial charge on any atom is 0.264 e. The Morgan fingerprint density at radius 3 is 2.09 bits per heavy atom. The van der Waals surface area contributed by atoms with Crippen LogP contribution < -0.4 is 19.1 Å². The van der Waals surface area contributed by atoms with Crippen molar-refractivity contribution in [2.75, 3.05) is 25.1 Å². The Kier molecular flexibility index (Phi) is 11.8. The first kappa shape index (κ1) is 34.5. The molecule has 1 atom stereocenters. The molecule has 0 spiro atoms. The van der Waals surface area contributed by atoms with Crippen LogP contribution in [0.25, 0.3) is 0 Å². The SMILES string of the molecule is COc1ccc(OC)c(N(CC(=O)N(Cc2cccc(Br)c2)[C@@H](Cc2ccccc2)C(=O)NC(C)C)S(=O)(=O)c2ccccc2)c1. The molecule has 0 saturated carbocycles. The molecular formula is C35H38BrN3O6S. The van der Waals surface area contributed by atoms with Gasteiger partial charge in [0.2, 0.25) is 11.8 Å². The Balaban J connectivity index is 1.86. The van der Waals surface area contributed by atoms with Crippen LogP contribution in [0.3, 0.4) is 0 Å². The highest BCUT2D eigenvalue weighted by molar-refractivity contribution is 9.10. The summed E-state index contributed by atoms with van der Waals surface area (Å²) >= 11 is 3.50. The number of anilines is 1. The largest absolute Gasteiger partial charge is 0.497 e. The summed E-state index contributed by atoms with van der Waals surface area (Å²) in [5.74, 6) is -0.325. The van der Waals surface area contributed by atoms with E-state index in [1.165, 1.54) is 37.3 Å². The highest BCUT2D eigenvalue weighted by Gasteiger charge is 2.36. The van der Waals surface area contributed by atoms with E-state index in [1.54, 1.807) is 30.3 Å². The van der Waals surface area contributed by atoms with Crippen LogP contribution in [0.1, 0.15) is 25.0 Å². The van der Waals surface area contributed by atoms with Gasteiger partial charge in [-0.1, -0.05) is 76.6 Å². The van der Waals surface area contributed by atoms with E-state index >= 15 is 0 Å². The lowest BCUT2D eigenvalue weighted by Crippen LogP contribution is -2.54. The molecule has 0 fully saturated rings. The summed E-state index contributed by atoms with van der Waals surface area (Å²) in [7, 11) is -1.41. The third kappa shape index (κ3) is 8.67. The van der Waals surface area contributed by atoms with Crippen LogP contribution in [-0.2, 0) is 32.6 Å². The van der Waals surface area contributed by atoms with Gasteiger partial charge in [0.1, 0.15) is 24.1 Å². The number of amides is 2. The predicted octanol–water partition coefficient (Wildman–Crippen LogP) is 5.83. The third-order valence-electron chi connectivity index (χ3n) is 7.21. The molecule has 4 aromatic rings. The average Bonchev–Trinajstić information content (AvgIpc) is 3.05. The average molecular weight is 709 g/mol. The molecule has 2 amide bonds. The molecule has 0 aromatic heterocycles. The third-order valence-corrected chi connectivity index (χ3v) is 9.48. The number of nitrogens with one attached hydrogen (secondary N) is 1. The summed E-state index contributed by atoms with van der Waals surface area (Å²) in [6.07, 6.45) is 0.215. The predicted molar refractivity (Wildman–Crippen MR) is 182 cm³/mol. The summed E-state index contributed by atoms with van der Waals surface area (Å²) in [6.45, 7) is 3.13. The van der Waals surface area contributed by atoms with Crippen LogP contribution in [0.15, 0.2) is 112 Å². The number of carbonyl (C=O) groups is 2. The number of rotatable bonds is 14. The van der Waals surface area contributed by atoms with Gasteiger partial charge in [-0.05, 0) is 61.4 Å². The number of methoxy groups -OCH3 is 2. The Bertz CT molecular complexity index is 1740. The molecule has 1 N–H and O–H groups in total. The van der Waals surface area contributed by atoms with Gasteiger partial charge in [-0.3, -0.25) is 13.9 Å².